The van der Waals surface area contributed by atoms with Crippen molar-refractivity contribution in [1.82, 2.24) is 0 Å². The monoisotopic (exact) mass is 287 g/mol. The zero-order valence-electron chi connectivity index (χ0n) is 11.5. The summed E-state index contributed by atoms with van der Waals surface area (Å²) in [6, 6.07) is 3.72. The van der Waals surface area contributed by atoms with Crippen LogP contribution in [0, 0.1) is 5.92 Å². The van der Waals surface area contributed by atoms with Gasteiger partial charge in [-0.15, -0.1) is 0 Å². The third kappa shape index (κ3) is 3.58. The summed E-state index contributed by atoms with van der Waals surface area (Å²) < 4.78 is 44.6. The maximum Gasteiger partial charge on any atom is 0.420 e. The lowest BCUT2D eigenvalue weighted by atomic mass is 9.85. The molecule has 2 atom stereocenters. The van der Waals surface area contributed by atoms with Crippen molar-refractivity contribution in [2.45, 2.75) is 51.3 Å². The van der Waals surface area contributed by atoms with Gasteiger partial charge in [0.2, 0.25) is 0 Å². The molecule has 112 valence electrons. The van der Waals surface area contributed by atoms with Crippen LogP contribution in [0.5, 0.6) is 5.75 Å². The fraction of sp³-hybridized carbons (Fsp3) is 0.600. The third-order valence-electron chi connectivity index (χ3n) is 3.91. The Labute approximate surface area is 117 Å². The molecule has 0 spiro atoms. The Morgan fingerprint density at radius 2 is 2.05 bits per heavy atom. The highest BCUT2D eigenvalue weighted by Crippen LogP contribution is 2.39. The molecule has 2 rings (SSSR count). The van der Waals surface area contributed by atoms with E-state index in [2.05, 4.69) is 6.92 Å². The molecule has 0 saturated heterocycles. The molecular formula is C15H20F3NO. The molecule has 1 aliphatic rings. The van der Waals surface area contributed by atoms with Crippen LogP contribution in [0.25, 0.3) is 0 Å². The van der Waals surface area contributed by atoms with Gasteiger partial charge in [-0.25, -0.2) is 0 Å². The second kappa shape index (κ2) is 5.94. The Balaban J connectivity index is 2.16. The maximum atomic E-state index is 13.0. The molecule has 0 amide bonds. The summed E-state index contributed by atoms with van der Waals surface area (Å²) in [5.74, 6) is 0.449. The van der Waals surface area contributed by atoms with Crippen molar-refractivity contribution in [3.05, 3.63) is 23.8 Å². The van der Waals surface area contributed by atoms with Crippen LogP contribution in [0.15, 0.2) is 18.2 Å². The molecule has 20 heavy (non-hydrogen) atoms. The molecule has 0 radical (unpaired) electrons. The zero-order chi connectivity index (χ0) is 14.8. The summed E-state index contributed by atoms with van der Waals surface area (Å²) in [6.45, 7) is 2.11. The van der Waals surface area contributed by atoms with Crippen LogP contribution < -0.4 is 10.5 Å². The Kier molecular flexibility index (Phi) is 4.45. The van der Waals surface area contributed by atoms with E-state index in [-0.39, 0.29) is 17.5 Å². The number of ether oxygens (including phenoxy) is 1. The molecule has 1 aliphatic carbocycles. The molecule has 0 bridgehead atoms. The lowest BCUT2D eigenvalue weighted by Crippen LogP contribution is -2.26. The van der Waals surface area contributed by atoms with E-state index in [0.717, 1.165) is 38.2 Å². The number of hydrogen-bond donors (Lipinski definition) is 1. The Morgan fingerprint density at radius 1 is 1.30 bits per heavy atom. The number of benzene rings is 1. The minimum atomic E-state index is -4.44. The predicted octanol–water partition coefficient (Wildman–Crippen LogP) is 4.64. The standard InChI is InChI=1S/C15H20F3NO/c1-2-10-4-3-5-12(8-10)20-14-7-6-11(19)9-13(14)15(16,17)18/h6-7,9-10,12H,2-5,8,19H2,1H3. The minimum Gasteiger partial charge on any atom is -0.490 e. The average molecular weight is 287 g/mol. The number of anilines is 1. The summed E-state index contributed by atoms with van der Waals surface area (Å²) in [4.78, 5) is 0. The van der Waals surface area contributed by atoms with Crippen LogP contribution in [-0.2, 0) is 6.18 Å². The first-order valence-corrected chi connectivity index (χ1v) is 7.03. The van der Waals surface area contributed by atoms with E-state index in [9.17, 15) is 13.2 Å². The molecule has 1 aromatic rings. The van der Waals surface area contributed by atoms with Gasteiger partial charge in [-0.3, -0.25) is 0 Å². The van der Waals surface area contributed by atoms with Gasteiger partial charge in [0.05, 0.1) is 11.7 Å². The van der Waals surface area contributed by atoms with Crippen molar-refractivity contribution < 1.29 is 17.9 Å². The van der Waals surface area contributed by atoms with Crippen molar-refractivity contribution in [2.75, 3.05) is 5.73 Å². The molecule has 1 aromatic carbocycles. The maximum absolute atomic E-state index is 13.0. The molecule has 1 fully saturated rings. The second-order valence-corrected chi connectivity index (χ2v) is 5.43. The Bertz CT molecular complexity index is 459. The van der Waals surface area contributed by atoms with Crippen LogP contribution >= 0.6 is 0 Å². The summed E-state index contributed by atoms with van der Waals surface area (Å²) in [7, 11) is 0. The van der Waals surface area contributed by atoms with Crippen molar-refractivity contribution in [1.29, 1.82) is 0 Å². The van der Waals surface area contributed by atoms with Gasteiger partial charge in [0, 0.05) is 5.69 Å². The first kappa shape index (κ1) is 15.0. The van der Waals surface area contributed by atoms with Gasteiger partial charge in [0.25, 0.3) is 0 Å². The highest BCUT2D eigenvalue weighted by atomic mass is 19.4. The second-order valence-electron chi connectivity index (χ2n) is 5.43. The summed E-state index contributed by atoms with van der Waals surface area (Å²) in [6.07, 6.45) is 0.288. The smallest absolute Gasteiger partial charge is 0.420 e. The topological polar surface area (TPSA) is 35.2 Å². The number of nitrogen functional groups attached to an aromatic ring is 1. The summed E-state index contributed by atoms with van der Waals surface area (Å²) in [5.41, 5.74) is 4.76. The van der Waals surface area contributed by atoms with Gasteiger partial charge in [-0.05, 0) is 43.4 Å². The summed E-state index contributed by atoms with van der Waals surface area (Å²) >= 11 is 0. The first-order chi connectivity index (χ1) is 9.40. The fourth-order valence-electron chi connectivity index (χ4n) is 2.77. The van der Waals surface area contributed by atoms with Gasteiger partial charge >= 0.3 is 6.18 Å². The Morgan fingerprint density at radius 3 is 2.70 bits per heavy atom. The molecule has 0 aliphatic heterocycles. The van der Waals surface area contributed by atoms with E-state index in [0.29, 0.717) is 5.92 Å². The highest BCUT2D eigenvalue weighted by molar-refractivity contribution is 5.49. The van der Waals surface area contributed by atoms with Crippen molar-refractivity contribution in [3.63, 3.8) is 0 Å². The molecule has 0 aromatic heterocycles. The van der Waals surface area contributed by atoms with E-state index >= 15 is 0 Å². The van der Waals surface area contributed by atoms with Crippen molar-refractivity contribution in [3.8, 4) is 5.75 Å². The summed E-state index contributed by atoms with van der Waals surface area (Å²) in [5, 5.41) is 0. The lowest BCUT2D eigenvalue weighted by molar-refractivity contribution is -0.139. The van der Waals surface area contributed by atoms with Crippen LogP contribution in [0.3, 0.4) is 0 Å². The molecule has 2 N–H and O–H groups in total. The van der Waals surface area contributed by atoms with Gasteiger partial charge < -0.3 is 10.5 Å². The first-order valence-electron chi connectivity index (χ1n) is 7.03. The van der Waals surface area contributed by atoms with E-state index in [1.807, 2.05) is 0 Å². The number of halogens is 3. The van der Waals surface area contributed by atoms with E-state index in [4.69, 9.17) is 10.5 Å². The largest absolute Gasteiger partial charge is 0.490 e. The van der Waals surface area contributed by atoms with E-state index in [1.165, 1.54) is 12.1 Å². The van der Waals surface area contributed by atoms with E-state index in [1.54, 1.807) is 0 Å². The van der Waals surface area contributed by atoms with Gasteiger partial charge in [0.15, 0.2) is 0 Å². The van der Waals surface area contributed by atoms with Gasteiger partial charge in [-0.2, -0.15) is 13.2 Å². The fourth-order valence-corrected chi connectivity index (χ4v) is 2.77. The number of nitrogens with two attached hydrogens (primary N) is 1. The van der Waals surface area contributed by atoms with Crippen molar-refractivity contribution in [2.24, 2.45) is 5.92 Å². The normalized spacial score (nSPS) is 23.6. The lowest BCUT2D eigenvalue weighted by Gasteiger charge is -2.29. The number of rotatable bonds is 3. The quantitative estimate of drug-likeness (QED) is 0.822. The van der Waals surface area contributed by atoms with Crippen LogP contribution in [0.2, 0.25) is 0 Å². The highest BCUT2D eigenvalue weighted by Gasteiger charge is 2.35. The average Bonchev–Trinajstić information content (AvgIpc) is 2.40. The molecule has 1 saturated carbocycles. The zero-order valence-corrected chi connectivity index (χ0v) is 11.5. The Hall–Kier alpha value is -1.39. The number of alkyl halides is 3. The van der Waals surface area contributed by atoms with E-state index < -0.39 is 11.7 Å². The molecule has 5 heteroatoms. The molecular weight excluding hydrogens is 267 g/mol. The van der Waals surface area contributed by atoms with Gasteiger partial charge in [0.1, 0.15) is 5.75 Å². The van der Waals surface area contributed by atoms with Crippen LogP contribution in [0.1, 0.15) is 44.6 Å². The van der Waals surface area contributed by atoms with Crippen LogP contribution in [-0.4, -0.2) is 6.10 Å². The molecule has 2 unspecified atom stereocenters. The van der Waals surface area contributed by atoms with Crippen LogP contribution in [0.4, 0.5) is 18.9 Å². The molecule has 2 nitrogen and oxygen atoms in total. The predicted molar refractivity (Wildman–Crippen MR) is 72.5 cm³/mol. The minimum absolute atomic E-state index is 0.0970. The SMILES string of the molecule is CCC1CCCC(Oc2ccc(N)cc2C(F)(F)F)C1. The molecule has 0 heterocycles. The van der Waals surface area contributed by atoms with Gasteiger partial charge in [-0.1, -0.05) is 19.8 Å². The third-order valence-corrected chi connectivity index (χ3v) is 3.91. The van der Waals surface area contributed by atoms with Crippen molar-refractivity contribution >= 4 is 5.69 Å². The number of hydrogen-bond acceptors (Lipinski definition) is 2.